The molecule has 7 unspecified atom stereocenters. The fraction of sp³-hybridized carbons (Fsp3) is 0.953. The Morgan fingerprint density at radius 3 is 1.50 bits per heavy atom. The van der Waals surface area contributed by atoms with Gasteiger partial charge in [-0.15, -0.1) is 0 Å². The molecule has 0 saturated carbocycles. The van der Waals surface area contributed by atoms with Gasteiger partial charge in [-0.25, -0.2) is 13.4 Å². The number of phosphoric acid groups is 2. The van der Waals surface area contributed by atoms with Gasteiger partial charge in [-0.2, -0.15) is 0 Å². The number of amides is 2. The summed E-state index contributed by atoms with van der Waals surface area (Å²) in [5, 5.41) is 60.2. The third kappa shape index (κ3) is 26.4. The Bertz CT molecular complexity index is 1600. The lowest BCUT2D eigenvalue weighted by atomic mass is 9.95. The lowest BCUT2D eigenvalue weighted by Crippen LogP contribution is -2.67. The molecule has 414 valence electrons. The number of phosphoric ester groups is 2. The van der Waals surface area contributed by atoms with Crippen LogP contribution in [0.15, 0.2) is 0 Å². The average Bonchev–Trinajstić information content (AvgIpc) is 3.26. The van der Waals surface area contributed by atoms with Crippen molar-refractivity contribution in [2.24, 2.45) is 5.73 Å². The number of nitrogens with two attached hydrogens (primary N) is 1. The zero-order chi connectivity index (χ0) is 52.3. The van der Waals surface area contributed by atoms with E-state index in [9.17, 15) is 68.4 Å². The zero-order valence-corrected chi connectivity index (χ0v) is 43.8. The minimum atomic E-state index is -5.62. The van der Waals surface area contributed by atoms with E-state index in [1.807, 2.05) is 0 Å². The summed E-state index contributed by atoms with van der Waals surface area (Å²) in [7, 11) is -14.6. The van der Waals surface area contributed by atoms with Crippen LogP contribution in [0.3, 0.4) is 0 Å². The van der Waals surface area contributed by atoms with Crippen LogP contribution in [0.25, 0.3) is 0 Å². The van der Waals surface area contributed by atoms with E-state index in [-0.39, 0.29) is 12.8 Å². The highest BCUT2D eigenvalue weighted by Crippen LogP contribution is 2.60. The number of carbonyl (C=O) groups is 2. The normalized spacial score (nSPS) is 27.8. The van der Waals surface area contributed by atoms with E-state index in [1.54, 1.807) is 0 Å². The van der Waals surface area contributed by atoms with Crippen LogP contribution in [0, 0.1) is 0 Å². The molecule has 2 aliphatic heterocycles. The van der Waals surface area contributed by atoms with Crippen LogP contribution in [0.4, 0.5) is 0 Å². The lowest BCUT2D eigenvalue weighted by Gasteiger charge is -2.46. The van der Waals surface area contributed by atoms with E-state index >= 15 is 0 Å². The van der Waals surface area contributed by atoms with Crippen molar-refractivity contribution in [2.45, 2.75) is 229 Å². The third-order valence-electron chi connectivity index (χ3n) is 12.0. The molecule has 70 heavy (non-hydrogen) atoms. The van der Waals surface area contributed by atoms with Crippen LogP contribution in [0.1, 0.15) is 155 Å². The second kappa shape index (κ2) is 34.5. The first kappa shape index (κ1) is 65.1. The van der Waals surface area contributed by atoms with E-state index < -0.39 is 147 Å². The monoisotopic (exact) mass is 1070 g/mol. The molecule has 2 heterocycles. The quantitative estimate of drug-likeness (QED) is 0.0310. The molecular weight excluding hydrogens is 987 g/mol. The summed E-state index contributed by atoms with van der Waals surface area (Å²) in [4.78, 5) is 66.5. The SMILES string of the molecule is CCCCCCCCCCC[C@@H](O)CC(=O)NC1C(O)[C@H](O)C(CO[C@@H]2O[C@H](COC)[C@@H](OP(=O)(O)O)C(O)C2NC(=O)C[C@H](O)CCCCCCCCCCC)O[C@@H]1OP(=O)(O)OP(=O)(O)CCN. The van der Waals surface area contributed by atoms with Crippen LogP contribution in [-0.2, 0) is 55.6 Å². The highest BCUT2D eigenvalue weighted by atomic mass is 31.3. The highest BCUT2D eigenvalue weighted by Gasteiger charge is 2.52. The molecule has 2 rings (SSSR count). The van der Waals surface area contributed by atoms with Gasteiger partial charge in [0.25, 0.3) is 0 Å². The molecule has 0 bridgehead atoms. The van der Waals surface area contributed by atoms with Crippen molar-refractivity contribution in [3.63, 3.8) is 0 Å². The maximum Gasteiger partial charge on any atom is 0.481 e. The number of methoxy groups -OCH3 is 1. The predicted molar refractivity (Wildman–Crippen MR) is 255 cm³/mol. The standard InChI is InChI=1S/C43H86N3O21P3/c1-4-6-8-10-12-14-16-18-20-22-30(47)26-34(49)45-36-39(52)38(51)32(63-43(36)66-70(59,60)67-68(54,55)25-24-44)29-62-42-37(40(53)41(65-69(56,57)58)33(64-42)28-61-3)46-35(50)27-31(48)23-21-19-17-15-13-11-9-7-5-2/h30-33,36-43,47-48,51-53H,4-29,44H2,1-3H3,(H,45,49)(H,46,50)(H,54,55)(H,59,60)(H2,56,57,58)/t30-,31-,32?,33-,36?,37?,38-,39?,40?,41-,42-,43-/m1/s1. The average molecular weight is 1070 g/mol. The largest absolute Gasteiger partial charge is 0.481 e. The van der Waals surface area contributed by atoms with Crippen LogP contribution >= 0.6 is 23.2 Å². The molecule has 0 aromatic heterocycles. The molecule has 0 spiro atoms. The van der Waals surface area contributed by atoms with Crippen molar-refractivity contribution in [3.05, 3.63) is 0 Å². The summed E-state index contributed by atoms with van der Waals surface area (Å²) in [5.41, 5.74) is 5.32. The number of rotatable bonds is 39. The zero-order valence-electron chi connectivity index (χ0n) is 41.2. The lowest BCUT2D eigenvalue weighted by molar-refractivity contribution is -0.295. The molecule has 24 nitrogen and oxygen atoms in total. The summed E-state index contributed by atoms with van der Waals surface area (Å²) >= 11 is 0. The highest BCUT2D eigenvalue weighted by molar-refractivity contribution is 7.64. The molecule has 0 aromatic carbocycles. The summed E-state index contributed by atoms with van der Waals surface area (Å²) in [6.45, 7) is 2.55. The van der Waals surface area contributed by atoms with Gasteiger partial charge in [0, 0.05) is 13.7 Å². The minimum absolute atomic E-state index is 0.262. The smallest absolute Gasteiger partial charge is 0.393 e. The van der Waals surface area contributed by atoms with Crippen LogP contribution < -0.4 is 16.4 Å². The number of unbranched alkanes of at least 4 members (excludes halogenated alkanes) is 16. The van der Waals surface area contributed by atoms with Gasteiger partial charge in [-0.05, 0) is 12.8 Å². The van der Waals surface area contributed by atoms with Crippen LogP contribution in [-0.4, -0.2) is 163 Å². The third-order valence-corrected chi connectivity index (χ3v) is 15.7. The van der Waals surface area contributed by atoms with E-state index in [4.69, 9.17) is 33.7 Å². The number of carbonyl (C=O) groups excluding carboxylic acids is 2. The van der Waals surface area contributed by atoms with Crippen LogP contribution in [0.2, 0.25) is 0 Å². The number of nitrogens with one attached hydrogen (secondary N) is 2. The van der Waals surface area contributed by atoms with E-state index in [0.29, 0.717) is 12.8 Å². The molecule has 0 aromatic rings. The van der Waals surface area contributed by atoms with Crippen molar-refractivity contribution in [3.8, 4) is 0 Å². The number of hydrogen-bond acceptors (Lipinski definition) is 18. The van der Waals surface area contributed by atoms with Gasteiger partial charge < -0.3 is 80.4 Å². The first-order valence-corrected chi connectivity index (χ1v) is 29.7. The second-order valence-corrected chi connectivity index (χ2v) is 23.1. The molecule has 2 fully saturated rings. The minimum Gasteiger partial charge on any atom is -0.393 e. The molecule has 2 saturated heterocycles. The maximum atomic E-state index is 13.3. The second-order valence-electron chi connectivity index (χ2n) is 18.3. The van der Waals surface area contributed by atoms with Crippen LogP contribution in [0.5, 0.6) is 0 Å². The van der Waals surface area contributed by atoms with Gasteiger partial charge in [-0.1, -0.05) is 129 Å². The molecule has 13 N–H and O–H groups in total. The fourth-order valence-corrected chi connectivity index (χ4v) is 11.4. The van der Waals surface area contributed by atoms with E-state index in [1.165, 1.54) is 32.8 Å². The fourth-order valence-electron chi connectivity index (χ4n) is 8.32. The van der Waals surface area contributed by atoms with Gasteiger partial charge in [-0.3, -0.25) is 23.2 Å². The van der Waals surface area contributed by atoms with E-state index in [0.717, 1.165) is 77.0 Å². The molecule has 0 radical (unpaired) electrons. The molecule has 2 amide bonds. The number of ether oxygens (including phenoxy) is 4. The van der Waals surface area contributed by atoms with Crippen molar-refractivity contribution in [1.82, 2.24) is 10.6 Å². The molecule has 0 aliphatic carbocycles. The Morgan fingerprint density at radius 2 is 1.06 bits per heavy atom. The van der Waals surface area contributed by atoms with Gasteiger partial charge in [0.05, 0.1) is 44.4 Å². The van der Waals surface area contributed by atoms with Gasteiger partial charge in [0.1, 0.15) is 48.7 Å². The number of aliphatic hydroxyl groups excluding tert-OH is 5. The van der Waals surface area contributed by atoms with Gasteiger partial charge >= 0.3 is 23.2 Å². The Balaban J connectivity index is 2.25. The summed E-state index contributed by atoms with van der Waals surface area (Å²) in [6, 6.07) is -3.58. The molecular formula is C43H86N3O21P3. The topological polar surface area (TPSA) is 382 Å². The first-order chi connectivity index (χ1) is 33.1. The van der Waals surface area contributed by atoms with Gasteiger partial charge in [0.2, 0.25) is 11.8 Å². The first-order valence-electron chi connectivity index (χ1n) is 25.0. The molecule has 2 aliphatic rings. The Morgan fingerprint density at radius 1 is 0.614 bits per heavy atom. The number of hydrogen-bond donors (Lipinski definition) is 12. The van der Waals surface area contributed by atoms with Crippen molar-refractivity contribution in [1.29, 1.82) is 0 Å². The predicted octanol–water partition coefficient (Wildman–Crippen LogP) is 3.25. The molecule has 27 heteroatoms. The van der Waals surface area contributed by atoms with E-state index in [2.05, 4.69) is 28.8 Å². The Hall–Kier alpha value is -1.05. The summed E-state index contributed by atoms with van der Waals surface area (Å²) in [5.74, 6) is -1.72. The van der Waals surface area contributed by atoms with Crippen molar-refractivity contribution < 1.29 is 101 Å². The molecule has 14 atom stereocenters. The Labute approximate surface area is 412 Å². The number of aliphatic hydroxyl groups is 5. The Kier molecular flexibility index (Phi) is 32.1. The maximum absolute atomic E-state index is 13.3. The summed E-state index contributed by atoms with van der Waals surface area (Å²) in [6.07, 6.45) is -0.00206. The summed E-state index contributed by atoms with van der Waals surface area (Å²) < 4.78 is 74.5. The van der Waals surface area contributed by atoms with Crippen molar-refractivity contribution in [2.75, 3.05) is 33.0 Å². The van der Waals surface area contributed by atoms with Gasteiger partial charge in [0.15, 0.2) is 12.6 Å². The van der Waals surface area contributed by atoms with Crippen molar-refractivity contribution >= 4 is 35.1 Å².